The molecule has 0 saturated heterocycles. The number of nitrogens with zero attached hydrogens (tertiary/aromatic N) is 3. The predicted octanol–water partition coefficient (Wildman–Crippen LogP) is 4.51. The first kappa shape index (κ1) is 21.0. The average molecular weight is 435 g/mol. The molecule has 0 aliphatic heterocycles. The number of aromatic nitrogens is 3. The van der Waals surface area contributed by atoms with Crippen LogP contribution in [0.15, 0.2) is 71.8 Å². The van der Waals surface area contributed by atoms with Crippen molar-refractivity contribution in [3.05, 3.63) is 93.8 Å². The number of pyridine rings is 3. The Kier molecular flexibility index (Phi) is 6.30. The SMILES string of the molecule is CC(C)NCc1ccc2cc(-n3ccc(OCc4ccc(Cl)cn4)cc3=O)ccc2n1. The van der Waals surface area contributed by atoms with E-state index in [0.717, 1.165) is 34.5 Å². The van der Waals surface area contributed by atoms with Crippen LogP contribution in [0.5, 0.6) is 5.75 Å². The summed E-state index contributed by atoms with van der Waals surface area (Å²) in [7, 11) is 0. The van der Waals surface area contributed by atoms with Crippen LogP contribution in [-0.2, 0) is 13.2 Å². The van der Waals surface area contributed by atoms with Crippen LogP contribution in [0.25, 0.3) is 16.6 Å². The number of rotatable bonds is 7. The Morgan fingerprint density at radius 2 is 1.90 bits per heavy atom. The van der Waals surface area contributed by atoms with Crippen molar-refractivity contribution >= 4 is 22.5 Å². The zero-order valence-electron chi connectivity index (χ0n) is 17.4. The fourth-order valence-electron chi connectivity index (χ4n) is 3.13. The molecule has 0 bridgehead atoms. The number of ether oxygens (including phenoxy) is 1. The van der Waals surface area contributed by atoms with Gasteiger partial charge in [-0.25, -0.2) is 0 Å². The van der Waals surface area contributed by atoms with E-state index in [2.05, 4.69) is 24.1 Å². The molecule has 7 heteroatoms. The Bertz CT molecular complexity index is 1250. The molecule has 0 aliphatic carbocycles. The Morgan fingerprint density at radius 1 is 1.06 bits per heavy atom. The largest absolute Gasteiger partial charge is 0.487 e. The molecular formula is C24H23ClN4O2. The molecule has 0 radical (unpaired) electrons. The van der Waals surface area contributed by atoms with E-state index in [1.165, 1.54) is 6.07 Å². The molecule has 158 valence electrons. The molecule has 0 saturated carbocycles. The summed E-state index contributed by atoms with van der Waals surface area (Å²) in [6.45, 7) is 5.20. The van der Waals surface area contributed by atoms with Gasteiger partial charge in [-0.2, -0.15) is 0 Å². The third-order valence-electron chi connectivity index (χ3n) is 4.77. The maximum atomic E-state index is 12.7. The molecule has 0 spiro atoms. The number of nitrogens with one attached hydrogen (secondary N) is 1. The monoisotopic (exact) mass is 434 g/mol. The molecule has 31 heavy (non-hydrogen) atoms. The van der Waals surface area contributed by atoms with Gasteiger partial charge in [-0.15, -0.1) is 0 Å². The molecular weight excluding hydrogens is 412 g/mol. The Morgan fingerprint density at radius 3 is 2.65 bits per heavy atom. The lowest BCUT2D eigenvalue weighted by Crippen LogP contribution is -2.22. The number of hydrogen-bond acceptors (Lipinski definition) is 5. The van der Waals surface area contributed by atoms with Crippen LogP contribution in [0.2, 0.25) is 5.02 Å². The van der Waals surface area contributed by atoms with E-state index in [1.54, 1.807) is 35.2 Å². The van der Waals surface area contributed by atoms with Crippen molar-refractivity contribution in [2.45, 2.75) is 33.0 Å². The highest BCUT2D eigenvalue weighted by Crippen LogP contribution is 2.18. The molecule has 0 atom stereocenters. The predicted molar refractivity (Wildman–Crippen MR) is 123 cm³/mol. The zero-order chi connectivity index (χ0) is 21.8. The molecule has 0 amide bonds. The Labute approximate surface area is 185 Å². The van der Waals surface area contributed by atoms with E-state index in [-0.39, 0.29) is 12.2 Å². The molecule has 6 nitrogen and oxygen atoms in total. The fourth-order valence-corrected chi connectivity index (χ4v) is 3.24. The summed E-state index contributed by atoms with van der Waals surface area (Å²) in [4.78, 5) is 21.5. The van der Waals surface area contributed by atoms with E-state index in [0.29, 0.717) is 16.8 Å². The molecule has 0 unspecified atom stereocenters. The van der Waals surface area contributed by atoms with Gasteiger partial charge in [0.15, 0.2) is 0 Å². The highest BCUT2D eigenvalue weighted by molar-refractivity contribution is 6.30. The lowest BCUT2D eigenvalue weighted by atomic mass is 10.1. The van der Waals surface area contributed by atoms with Crippen molar-refractivity contribution in [3.8, 4) is 11.4 Å². The van der Waals surface area contributed by atoms with Crippen LogP contribution >= 0.6 is 11.6 Å². The molecule has 1 N–H and O–H groups in total. The molecule has 3 aromatic heterocycles. The maximum absolute atomic E-state index is 12.7. The summed E-state index contributed by atoms with van der Waals surface area (Å²) in [5.41, 5.74) is 3.22. The minimum atomic E-state index is -0.174. The van der Waals surface area contributed by atoms with E-state index in [1.807, 2.05) is 30.3 Å². The Balaban J connectivity index is 1.51. The minimum Gasteiger partial charge on any atom is -0.487 e. The fraction of sp³-hybridized carbons (Fsp3) is 0.208. The summed E-state index contributed by atoms with van der Waals surface area (Å²) in [5.74, 6) is 0.489. The molecule has 4 rings (SSSR count). The lowest BCUT2D eigenvalue weighted by molar-refractivity contribution is 0.300. The smallest absolute Gasteiger partial charge is 0.258 e. The second kappa shape index (κ2) is 9.29. The molecule has 0 fully saturated rings. The van der Waals surface area contributed by atoms with Crippen molar-refractivity contribution in [1.82, 2.24) is 19.9 Å². The molecule has 0 aliphatic rings. The summed E-state index contributed by atoms with van der Waals surface area (Å²) >= 11 is 5.84. The highest BCUT2D eigenvalue weighted by Gasteiger charge is 2.06. The third kappa shape index (κ3) is 5.29. The summed E-state index contributed by atoms with van der Waals surface area (Å²) in [5, 5.41) is 4.92. The molecule has 4 aromatic rings. The maximum Gasteiger partial charge on any atom is 0.258 e. The lowest BCUT2D eigenvalue weighted by Gasteiger charge is -2.11. The topological polar surface area (TPSA) is 69.0 Å². The van der Waals surface area contributed by atoms with Crippen LogP contribution in [0.3, 0.4) is 0 Å². The van der Waals surface area contributed by atoms with Crippen LogP contribution in [0.1, 0.15) is 25.2 Å². The highest BCUT2D eigenvalue weighted by atomic mass is 35.5. The van der Waals surface area contributed by atoms with Crippen LogP contribution < -0.4 is 15.6 Å². The first-order valence-electron chi connectivity index (χ1n) is 10.1. The van der Waals surface area contributed by atoms with Crippen LogP contribution in [0.4, 0.5) is 0 Å². The Hall–Kier alpha value is -3.22. The van der Waals surface area contributed by atoms with Gasteiger partial charge in [0, 0.05) is 42.1 Å². The van der Waals surface area contributed by atoms with Gasteiger partial charge in [0.25, 0.3) is 5.56 Å². The second-order valence-corrected chi connectivity index (χ2v) is 7.98. The number of fused-ring (bicyclic) bond motifs is 1. The van der Waals surface area contributed by atoms with Gasteiger partial charge in [0.1, 0.15) is 12.4 Å². The van der Waals surface area contributed by atoms with E-state index >= 15 is 0 Å². The van der Waals surface area contributed by atoms with Crippen molar-refractivity contribution in [2.75, 3.05) is 0 Å². The van der Waals surface area contributed by atoms with E-state index in [9.17, 15) is 4.79 Å². The first-order valence-corrected chi connectivity index (χ1v) is 10.4. The summed E-state index contributed by atoms with van der Waals surface area (Å²) in [6, 6.07) is 17.0. The molecule has 1 aromatic carbocycles. The van der Waals surface area contributed by atoms with Crippen molar-refractivity contribution in [2.24, 2.45) is 0 Å². The average Bonchev–Trinajstić information content (AvgIpc) is 2.77. The number of benzene rings is 1. The van der Waals surface area contributed by atoms with Gasteiger partial charge in [0.05, 0.1) is 21.9 Å². The van der Waals surface area contributed by atoms with Crippen LogP contribution in [0, 0.1) is 0 Å². The first-order chi connectivity index (χ1) is 15.0. The van der Waals surface area contributed by atoms with Crippen molar-refractivity contribution in [3.63, 3.8) is 0 Å². The normalized spacial score (nSPS) is 11.2. The molecule has 3 heterocycles. The van der Waals surface area contributed by atoms with E-state index < -0.39 is 0 Å². The summed E-state index contributed by atoms with van der Waals surface area (Å²) in [6.07, 6.45) is 3.28. The van der Waals surface area contributed by atoms with Gasteiger partial charge in [-0.3, -0.25) is 19.3 Å². The van der Waals surface area contributed by atoms with E-state index in [4.69, 9.17) is 21.3 Å². The van der Waals surface area contributed by atoms with Gasteiger partial charge in [-0.05, 0) is 42.5 Å². The number of halogens is 1. The van der Waals surface area contributed by atoms with Gasteiger partial charge in [0.2, 0.25) is 0 Å². The summed E-state index contributed by atoms with van der Waals surface area (Å²) < 4.78 is 7.28. The quantitative estimate of drug-likeness (QED) is 0.463. The minimum absolute atomic E-state index is 0.174. The number of hydrogen-bond donors (Lipinski definition) is 1. The standard InChI is InChI=1S/C24H23ClN4O2/c1-16(2)26-14-19-5-3-17-11-21(7-8-23(17)28-19)29-10-9-22(12-24(29)30)31-15-20-6-4-18(25)13-27-20/h3-13,16,26H,14-15H2,1-2H3. The second-order valence-electron chi connectivity index (χ2n) is 7.54. The zero-order valence-corrected chi connectivity index (χ0v) is 18.1. The van der Waals surface area contributed by atoms with Crippen molar-refractivity contribution < 1.29 is 4.74 Å². The van der Waals surface area contributed by atoms with Crippen molar-refractivity contribution in [1.29, 1.82) is 0 Å². The van der Waals surface area contributed by atoms with Crippen LogP contribution in [-0.4, -0.2) is 20.6 Å². The third-order valence-corrected chi connectivity index (χ3v) is 4.99. The van der Waals surface area contributed by atoms with Gasteiger partial charge >= 0.3 is 0 Å². The van der Waals surface area contributed by atoms with Gasteiger partial charge < -0.3 is 10.1 Å². The van der Waals surface area contributed by atoms with Gasteiger partial charge in [-0.1, -0.05) is 31.5 Å².